The zero-order valence-corrected chi connectivity index (χ0v) is 12.4. The van der Waals surface area contributed by atoms with Gasteiger partial charge >= 0.3 is 5.97 Å². The molecule has 20 heavy (non-hydrogen) atoms. The van der Waals surface area contributed by atoms with Crippen LogP contribution in [0.25, 0.3) is 10.9 Å². The predicted octanol–water partition coefficient (Wildman–Crippen LogP) is 3.61. The molecule has 2 rings (SSSR count). The number of hydrogen-bond acceptors (Lipinski definition) is 4. The van der Waals surface area contributed by atoms with Crippen LogP contribution in [-0.4, -0.2) is 23.2 Å². The molecule has 0 aliphatic heterocycles. The first-order valence-electron chi connectivity index (χ1n) is 6.24. The van der Waals surface area contributed by atoms with Crippen LogP contribution >= 0.6 is 11.6 Å². The lowest BCUT2D eigenvalue weighted by atomic mass is 10.2. The molecule has 0 bridgehead atoms. The van der Waals surface area contributed by atoms with E-state index in [1.54, 1.807) is 18.2 Å². The first-order valence-corrected chi connectivity index (χ1v) is 6.62. The molecule has 0 N–H and O–H groups in total. The Balaban J connectivity index is 2.03. The zero-order chi connectivity index (χ0) is 14.8. The summed E-state index contributed by atoms with van der Waals surface area (Å²) in [6.07, 6.45) is 0. The largest absolute Gasteiger partial charge is 0.482 e. The number of esters is 1. The molecule has 106 valence electrons. The van der Waals surface area contributed by atoms with Crippen molar-refractivity contribution in [3.8, 4) is 5.75 Å². The number of fused-ring (bicyclic) bond motifs is 1. The van der Waals surface area contributed by atoms with Crippen molar-refractivity contribution < 1.29 is 14.3 Å². The fraction of sp³-hybridized carbons (Fsp3) is 0.333. The van der Waals surface area contributed by atoms with Gasteiger partial charge in [-0.05, 0) is 51.1 Å². The molecular formula is C15H16ClNO3. The number of aromatic nitrogens is 1. The van der Waals surface area contributed by atoms with E-state index in [1.165, 1.54) is 0 Å². The van der Waals surface area contributed by atoms with Crippen molar-refractivity contribution >= 4 is 28.5 Å². The van der Waals surface area contributed by atoms with E-state index in [0.717, 1.165) is 10.9 Å². The van der Waals surface area contributed by atoms with Crippen molar-refractivity contribution in [1.82, 2.24) is 4.98 Å². The fourth-order valence-corrected chi connectivity index (χ4v) is 1.84. The lowest BCUT2D eigenvalue weighted by Gasteiger charge is -2.19. The summed E-state index contributed by atoms with van der Waals surface area (Å²) >= 11 is 5.82. The van der Waals surface area contributed by atoms with E-state index in [0.29, 0.717) is 10.9 Å². The van der Waals surface area contributed by atoms with Gasteiger partial charge in [0, 0.05) is 5.39 Å². The maximum Gasteiger partial charge on any atom is 0.344 e. The molecule has 1 aromatic heterocycles. The van der Waals surface area contributed by atoms with Crippen LogP contribution in [0.15, 0.2) is 30.3 Å². The normalized spacial score (nSPS) is 11.4. The van der Waals surface area contributed by atoms with Gasteiger partial charge in [0.05, 0.1) is 5.52 Å². The van der Waals surface area contributed by atoms with Gasteiger partial charge in [0.25, 0.3) is 0 Å². The minimum Gasteiger partial charge on any atom is -0.482 e. The minimum absolute atomic E-state index is 0.121. The number of carbonyl (C=O) groups is 1. The Morgan fingerprint density at radius 3 is 2.70 bits per heavy atom. The highest BCUT2D eigenvalue weighted by atomic mass is 35.5. The van der Waals surface area contributed by atoms with Gasteiger partial charge in [-0.25, -0.2) is 9.78 Å². The van der Waals surface area contributed by atoms with Crippen molar-refractivity contribution in [1.29, 1.82) is 0 Å². The summed E-state index contributed by atoms with van der Waals surface area (Å²) in [5, 5.41) is 1.34. The highest BCUT2D eigenvalue weighted by Crippen LogP contribution is 2.21. The van der Waals surface area contributed by atoms with Crippen molar-refractivity contribution in [3.63, 3.8) is 0 Å². The average Bonchev–Trinajstić information content (AvgIpc) is 2.34. The van der Waals surface area contributed by atoms with Gasteiger partial charge in [-0.15, -0.1) is 0 Å². The lowest BCUT2D eigenvalue weighted by molar-refractivity contribution is -0.157. The number of hydrogen-bond donors (Lipinski definition) is 0. The summed E-state index contributed by atoms with van der Waals surface area (Å²) in [6, 6.07) is 8.91. The van der Waals surface area contributed by atoms with Crippen molar-refractivity contribution in [2.24, 2.45) is 0 Å². The lowest BCUT2D eigenvalue weighted by Crippen LogP contribution is -2.27. The molecule has 0 unspecified atom stereocenters. The molecule has 0 radical (unpaired) electrons. The number of rotatable bonds is 3. The topological polar surface area (TPSA) is 48.4 Å². The van der Waals surface area contributed by atoms with E-state index < -0.39 is 11.6 Å². The van der Waals surface area contributed by atoms with Gasteiger partial charge in [-0.1, -0.05) is 11.6 Å². The van der Waals surface area contributed by atoms with Crippen LogP contribution < -0.4 is 4.74 Å². The number of benzene rings is 1. The molecule has 4 nitrogen and oxygen atoms in total. The van der Waals surface area contributed by atoms with Gasteiger partial charge < -0.3 is 9.47 Å². The van der Waals surface area contributed by atoms with Crippen molar-refractivity contribution in [2.45, 2.75) is 26.4 Å². The SMILES string of the molecule is CC(C)(C)OC(=O)COc1ccc2nc(Cl)ccc2c1. The predicted molar refractivity (Wildman–Crippen MR) is 78.1 cm³/mol. The quantitative estimate of drug-likeness (QED) is 0.641. The molecule has 1 heterocycles. The number of carbonyl (C=O) groups excluding carboxylic acids is 1. The Morgan fingerprint density at radius 2 is 2.00 bits per heavy atom. The molecule has 1 aromatic carbocycles. The minimum atomic E-state index is -0.509. The second-order valence-corrected chi connectivity index (χ2v) is 5.75. The highest BCUT2D eigenvalue weighted by Gasteiger charge is 2.16. The second kappa shape index (κ2) is 5.67. The van der Waals surface area contributed by atoms with Gasteiger partial charge in [0.2, 0.25) is 0 Å². The third kappa shape index (κ3) is 4.10. The summed E-state index contributed by atoms with van der Waals surface area (Å²) < 4.78 is 10.6. The molecule has 0 fully saturated rings. The highest BCUT2D eigenvalue weighted by molar-refractivity contribution is 6.29. The molecule has 0 aliphatic carbocycles. The van der Waals surface area contributed by atoms with Crippen LogP contribution in [0.5, 0.6) is 5.75 Å². The Bertz CT molecular complexity index is 635. The Kier molecular flexibility index (Phi) is 4.14. The fourth-order valence-electron chi connectivity index (χ4n) is 1.68. The maximum atomic E-state index is 11.6. The molecule has 0 saturated carbocycles. The van der Waals surface area contributed by atoms with Gasteiger partial charge in [0.15, 0.2) is 6.61 Å². The number of pyridine rings is 1. The molecule has 2 aromatic rings. The molecule has 0 aliphatic rings. The van der Waals surface area contributed by atoms with Crippen LogP contribution in [0.1, 0.15) is 20.8 Å². The van der Waals surface area contributed by atoms with Gasteiger partial charge in [0.1, 0.15) is 16.5 Å². The van der Waals surface area contributed by atoms with Crippen LogP contribution in [0.3, 0.4) is 0 Å². The van der Waals surface area contributed by atoms with Crippen molar-refractivity contribution in [2.75, 3.05) is 6.61 Å². The van der Waals surface area contributed by atoms with E-state index in [2.05, 4.69) is 4.98 Å². The summed E-state index contributed by atoms with van der Waals surface area (Å²) in [5.41, 5.74) is 0.270. The maximum absolute atomic E-state index is 11.6. The molecule has 0 amide bonds. The first-order chi connectivity index (χ1) is 9.33. The van der Waals surface area contributed by atoms with Crippen molar-refractivity contribution in [3.05, 3.63) is 35.5 Å². The summed E-state index contributed by atoms with van der Waals surface area (Å²) in [7, 11) is 0. The zero-order valence-electron chi connectivity index (χ0n) is 11.6. The summed E-state index contributed by atoms with van der Waals surface area (Å²) in [4.78, 5) is 15.7. The Labute approximate surface area is 122 Å². The molecule has 0 spiro atoms. The molecular weight excluding hydrogens is 278 g/mol. The van der Waals surface area contributed by atoms with E-state index in [9.17, 15) is 4.79 Å². The Morgan fingerprint density at radius 1 is 1.25 bits per heavy atom. The smallest absolute Gasteiger partial charge is 0.344 e. The van der Waals surface area contributed by atoms with E-state index in [-0.39, 0.29) is 6.61 Å². The van der Waals surface area contributed by atoms with Gasteiger partial charge in [-0.2, -0.15) is 0 Å². The van der Waals surface area contributed by atoms with Crippen LogP contribution in [-0.2, 0) is 9.53 Å². The van der Waals surface area contributed by atoms with Crippen LogP contribution in [0.4, 0.5) is 0 Å². The van der Waals surface area contributed by atoms with E-state index in [1.807, 2.05) is 32.9 Å². The van der Waals surface area contributed by atoms with Crippen LogP contribution in [0, 0.1) is 0 Å². The van der Waals surface area contributed by atoms with E-state index in [4.69, 9.17) is 21.1 Å². The summed E-state index contributed by atoms with van der Waals surface area (Å²) in [5.74, 6) is 0.194. The third-order valence-corrected chi connectivity index (χ3v) is 2.61. The summed E-state index contributed by atoms with van der Waals surface area (Å²) in [6.45, 7) is 5.33. The van der Waals surface area contributed by atoms with Crippen LogP contribution in [0.2, 0.25) is 5.15 Å². The van der Waals surface area contributed by atoms with E-state index >= 15 is 0 Å². The third-order valence-electron chi connectivity index (χ3n) is 2.40. The standard InChI is InChI=1S/C15H16ClNO3/c1-15(2,3)20-14(18)9-19-11-5-6-12-10(8-11)4-7-13(16)17-12/h4-8H,9H2,1-3H3. The number of halogens is 1. The number of ether oxygens (including phenoxy) is 2. The first kappa shape index (κ1) is 14.6. The number of nitrogens with zero attached hydrogens (tertiary/aromatic N) is 1. The Hall–Kier alpha value is -1.81. The van der Waals surface area contributed by atoms with Gasteiger partial charge in [-0.3, -0.25) is 0 Å². The monoisotopic (exact) mass is 293 g/mol. The molecule has 0 atom stereocenters. The average molecular weight is 294 g/mol. The molecule has 5 heteroatoms. The second-order valence-electron chi connectivity index (χ2n) is 5.36. The molecule has 0 saturated heterocycles.